The second kappa shape index (κ2) is 7.23. The van der Waals surface area contributed by atoms with Crippen LogP contribution in [0.4, 0.5) is 4.79 Å². The lowest BCUT2D eigenvalue weighted by molar-refractivity contribution is -0.0400. The number of ether oxygens (including phenoxy) is 2. The summed E-state index contributed by atoms with van der Waals surface area (Å²) < 4.78 is 18.1. The number of aromatic nitrogens is 1. The zero-order valence-electron chi connectivity index (χ0n) is 19.1. The van der Waals surface area contributed by atoms with Gasteiger partial charge < -0.3 is 18.9 Å². The van der Waals surface area contributed by atoms with E-state index in [1.54, 1.807) is 0 Å². The normalized spacial score (nSPS) is 36.5. The molecule has 5 fully saturated rings. The first-order valence-corrected chi connectivity index (χ1v) is 12.5. The first-order valence-electron chi connectivity index (χ1n) is 12.5. The van der Waals surface area contributed by atoms with Crippen molar-refractivity contribution in [2.24, 2.45) is 11.8 Å². The lowest BCUT2D eigenvalue weighted by Crippen LogP contribution is -2.50. The van der Waals surface area contributed by atoms with E-state index in [9.17, 15) is 4.79 Å². The van der Waals surface area contributed by atoms with Crippen LogP contribution in [-0.4, -0.2) is 39.9 Å². The second-order valence-corrected chi connectivity index (χ2v) is 11.6. The Hall–Kier alpha value is -1.56. The SMILES string of the molecule is CC(C)(C)OC(=O)N1C2CCC1CC(OCc1c(C3C4CCCC43)noc1C1CC1)C2. The molecule has 0 N–H and O–H groups in total. The summed E-state index contributed by atoms with van der Waals surface area (Å²) in [6, 6.07) is 0.484. The van der Waals surface area contributed by atoms with Crippen molar-refractivity contribution in [1.29, 1.82) is 0 Å². The van der Waals surface area contributed by atoms with E-state index in [0.717, 1.165) is 43.3 Å². The van der Waals surface area contributed by atoms with Crippen LogP contribution in [0.15, 0.2) is 4.52 Å². The van der Waals surface area contributed by atoms with Crippen molar-refractivity contribution in [2.75, 3.05) is 0 Å². The van der Waals surface area contributed by atoms with Gasteiger partial charge in [-0.05, 0) is 84.0 Å². The number of carbonyl (C=O) groups is 1. The van der Waals surface area contributed by atoms with Crippen molar-refractivity contribution in [3.8, 4) is 0 Å². The van der Waals surface area contributed by atoms with E-state index in [-0.39, 0.29) is 24.3 Å². The number of amides is 1. The molecule has 4 atom stereocenters. The minimum atomic E-state index is -0.450. The van der Waals surface area contributed by atoms with Gasteiger partial charge in [-0.25, -0.2) is 4.79 Å². The van der Waals surface area contributed by atoms with Crippen LogP contribution in [0.3, 0.4) is 0 Å². The number of fused-ring (bicyclic) bond motifs is 3. The van der Waals surface area contributed by atoms with Gasteiger partial charge in [0.25, 0.3) is 0 Å². The molecule has 2 saturated heterocycles. The Balaban J connectivity index is 1.12. The van der Waals surface area contributed by atoms with Crippen LogP contribution < -0.4 is 0 Å². The number of hydrogen-bond acceptors (Lipinski definition) is 5. The number of nitrogens with zero attached hydrogens (tertiary/aromatic N) is 2. The van der Waals surface area contributed by atoms with Gasteiger partial charge in [0.2, 0.25) is 0 Å². The molecule has 4 unspecified atom stereocenters. The summed E-state index contributed by atoms with van der Waals surface area (Å²) in [5.41, 5.74) is 2.03. The fraction of sp³-hybridized carbons (Fsp3) is 0.840. The van der Waals surface area contributed by atoms with Crippen molar-refractivity contribution < 1.29 is 18.8 Å². The van der Waals surface area contributed by atoms with Crippen molar-refractivity contribution in [2.45, 2.75) is 121 Å². The van der Waals surface area contributed by atoms with E-state index in [0.29, 0.717) is 18.4 Å². The van der Waals surface area contributed by atoms with E-state index in [4.69, 9.17) is 14.0 Å². The quantitative estimate of drug-likeness (QED) is 0.618. The van der Waals surface area contributed by atoms with Gasteiger partial charge in [-0.1, -0.05) is 11.6 Å². The molecule has 0 spiro atoms. The fourth-order valence-electron chi connectivity index (χ4n) is 6.71. The van der Waals surface area contributed by atoms with Crippen molar-refractivity contribution in [3.05, 3.63) is 17.0 Å². The Morgan fingerprint density at radius 1 is 1.06 bits per heavy atom. The van der Waals surface area contributed by atoms with Gasteiger partial charge in [-0.3, -0.25) is 0 Å². The molecule has 6 nitrogen and oxygen atoms in total. The average Bonchev–Trinajstić information content (AvgIpc) is 3.53. The Bertz CT molecular complexity index is 830. The first kappa shape index (κ1) is 20.1. The van der Waals surface area contributed by atoms with Crippen LogP contribution in [0.25, 0.3) is 0 Å². The van der Waals surface area contributed by atoms with Gasteiger partial charge in [0, 0.05) is 29.5 Å². The summed E-state index contributed by atoms with van der Waals surface area (Å²) >= 11 is 0. The Morgan fingerprint density at radius 2 is 1.74 bits per heavy atom. The standard InChI is InChI=1S/C25H36N2O4/c1-25(2,3)30-24(28)27-15-9-10-16(27)12-17(11-15)29-13-20-22(21-18-5-4-6-19(18)21)26-31-23(20)14-7-8-14/h14-19,21H,4-13H2,1-3H3. The van der Waals surface area contributed by atoms with Crippen LogP contribution in [0.5, 0.6) is 0 Å². The third kappa shape index (κ3) is 3.69. The van der Waals surface area contributed by atoms with Gasteiger partial charge in [-0.2, -0.15) is 0 Å². The fourth-order valence-corrected chi connectivity index (χ4v) is 6.71. The minimum absolute atomic E-state index is 0.156. The summed E-state index contributed by atoms with van der Waals surface area (Å²) in [4.78, 5) is 14.7. The van der Waals surface area contributed by atoms with Gasteiger partial charge in [0.05, 0.1) is 18.4 Å². The van der Waals surface area contributed by atoms with Crippen LogP contribution in [0.1, 0.15) is 107 Å². The molecule has 1 aromatic rings. The highest BCUT2D eigenvalue weighted by Crippen LogP contribution is 2.64. The predicted octanol–water partition coefficient (Wildman–Crippen LogP) is 5.51. The van der Waals surface area contributed by atoms with Crippen LogP contribution >= 0.6 is 0 Å². The summed E-state index contributed by atoms with van der Waals surface area (Å²) in [5, 5.41) is 4.57. The third-order valence-electron chi connectivity index (χ3n) is 8.28. The van der Waals surface area contributed by atoms with E-state index < -0.39 is 5.60 Å². The third-order valence-corrected chi connectivity index (χ3v) is 8.28. The number of carbonyl (C=O) groups excluding carboxylic acids is 1. The van der Waals surface area contributed by atoms with Crippen LogP contribution in [0, 0.1) is 11.8 Å². The molecule has 3 aliphatic carbocycles. The van der Waals surface area contributed by atoms with E-state index in [1.165, 1.54) is 43.4 Å². The molecule has 3 saturated carbocycles. The second-order valence-electron chi connectivity index (χ2n) is 11.6. The number of hydrogen-bond donors (Lipinski definition) is 0. The lowest BCUT2D eigenvalue weighted by Gasteiger charge is -2.39. The Morgan fingerprint density at radius 3 is 2.35 bits per heavy atom. The van der Waals surface area contributed by atoms with Crippen molar-refractivity contribution in [3.63, 3.8) is 0 Å². The Kier molecular flexibility index (Phi) is 4.68. The molecule has 5 aliphatic rings. The zero-order chi connectivity index (χ0) is 21.3. The molecule has 0 radical (unpaired) electrons. The molecule has 1 aromatic heterocycles. The maximum atomic E-state index is 12.7. The van der Waals surface area contributed by atoms with E-state index in [2.05, 4.69) is 5.16 Å². The van der Waals surface area contributed by atoms with E-state index in [1.807, 2.05) is 25.7 Å². The monoisotopic (exact) mass is 428 g/mol. The highest BCUT2D eigenvalue weighted by molar-refractivity contribution is 5.69. The Labute approximate surface area is 185 Å². The predicted molar refractivity (Wildman–Crippen MR) is 115 cm³/mol. The largest absolute Gasteiger partial charge is 0.444 e. The van der Waals surface area contributed by atoms with Crippen molar-refractivity contribution in [1.82, 2.24) is 10.1 Å². The van der Waals surface area contributed by atoms with Gasteiger partial charge in [0.1, 0.15) is 11.4 Å². The highest BCUT2D eigenvalue weighted by Gasteiger charge is 2.56. The summed E-state index contributed by atoms with van der Waals surface area (Å²) in [6.07, 6.45) is 10.5. The smallest absolute Gasteiger partial charge is 0.410 e. The molecule has 6 rings (SSSR count). The maximum Gasteiger partial charge on any atom is 0.410 e. The van der Waals surface area contributed by atoms with Crippen molar-refractivity contribution >= 4 is 6.09 Å². The lowest BCUT2D eigenvalue weighted by atomic mass is 9.99. The molecular formula is C25H36N2O4. The molecule has 6 heteroatoms. The molecule has 0 aromatic carbocycles. The molecular weight excluding hydrogens is 392 g/mol. The highest BCUT2D eigenvalue weighted by atomic mass is 16.6. The molecule has 1 amide bonds. The molecule has 31 heavy (non-hydrogen) atoms. The number of piperidine rings is 1. The summed E-state index contributed by atoms with van der Waals surface area (Å²) in [7, 11) is 0. The van der Waals surface area contributed by atoms with Crippen LogP contribution in [-0.2, 0) is 16.1 Å². The van der Waals surface area contributed by atoms with Crippen LogP contribution in [0.2, 0.25) is 0 Å². The van der Waals surface area contributed by atoms with Gasteiger partial charge in [-0.15, -0.1) is 0 Å². The minimum Gasteiger partial charge on any atom is -0.444 e. The van der Waals surface area contributed by atoms with Gasteiger partial charge in [0.15, 0.2) is 0 Å². The molecule has 2 bridgehead atoms. The number of rotatable bonds is 5. The zero-order valence-corrected chi connectivity index (χ0v) is 19.1. The van der Waals surface area contributed by atoms with E-state index >= 15 is 0 Å². The topological polar surface area (TPSA) is 64.8 Å². The molecule has 2 aliphatic heterocycles. The molecule has 170 valence electrons. The maximum absolute atomic E-state index is 12.7. The average molecular weight is 429 g/mol. The van der Waals surface area contributed by atoms with Gasteiger partial charge >= 0.3 is 6.09 Å². The summed E-state index contributed by atoms with van der Waals surface area (Å²) in [6.45, 7) is 6.43. The molecule has 3 heterocycles. The first-order chi connectivity index (χ1) is 14.9. The summed E-state index contributed by atoms with van der Waals surface area (Å²) in [5.74, 6) is 3.96.